The van der Waals surface area contributed by atoms with Gasteiger partial charge in [-0.15, -0.1) is 11.3 Å². The van der Waals surface area contributed by atoms with Crippen molar-refractivity contribution >= 4 is 33.3 Å². The van der Waals surface area contributed by atoms with Crippen LogP contribution in [0.15, 0.2) is 11.4 Å². The number of aromatic nitrogens is 2. The maximum absolute atomic E-state index is 9.57. The summed E-state index contributed by atoms with van der Waals surface area (Å²) in [5.74, 6) is 2.23. The van der Waals surface area contributed by atoms with Gasteiger partial charge in [0.25, 0.3) is 0 Å². The highest BCUT2D eigenvalue weighted by atomic mass is 32.1. The molecule has 1 aliphatic carbocycles. The van der Waals surface area contributed by atoms with Crippen LogP contribution in [0, 0.1) is 5.92 Å². The fourth-order valence-electron chi connectivity index (χ4n) is 2.82. The van der Waals surface area contributed by atoms with Crippen LogP contribution in [0.1, 0.15) is 32.6 Å². The van der Waals surface area contributed by atoms with Gasteiger partial charge in [0, 0.05) is 13.1 Å². The summed E-state index contributed by atoms with van der Waals surface area (Å²) in [6.45, 7) is 3.78. The minimum absolute atomic E-state index is 0.0933. The molecule has 1 saturated carbocycles. The summed E-state index contributed by atoms with van der Waals surface area (Å²) in [5.41, 5.74) is 0. The van der Waals surface area contributed by atoms with E-state index in [4.69, 9.17) is 0 Å². The Morgan fingerprint density at radius 3 is 2.81 bits per heavy atom. The van der Waals surface area contributed by atoms with E-state index < -0.39 is 0 Å². The Balaban J connectivity index is 1.71. The van der Waals surface area contributed by atoms with Crippen molar-refractivity contribution in [2.24, 2.45) is 5.92 Å². The van der Waals surface area contributed by atoms with E-state index in [0.717, 1.165) is 54.8 Å². The first-order chi connectivity index (χ1) is 10.3. The molecule has 3 rings (SSSR count). The van der Waals surface area contributed by atoms with E-state index in [2.05, 4.69) is 32.0 Å². The summed E-state index contributed by atoms with van der Waals surface area (Å²) < 4.78 is 0. The highest BCUT2D eigenvalue weighted by Crippen LogP contribution is 2.28. The van der Waals surface area contributed by atoms with Gasteiger partial charge in [0.2, 0.25) is 5.95 Å². The number of fused-ring (bicyclic) bond motifs is 1. The predicted octanol–water partition coefficient (Wildman–Crippen LogP) is 3.09. The van der Waals surface area contributed by atoms with Crippen LogP contribution >= 0.6 is 11.3 Å². The van der Waals surface area contributed by atoms with Gasteiger partial charge in [0.15, 0.2) is 0 Å². The van der Waals surface area contributed by atoms with Crippen LogP contribution in [0.5, 0.6) is 0 Å². The molecule has 0 aromatic carbocycles. The molecule has 5 nitrogen and oxygen atoms in total. The van der Waals surface area contributed by atoms with Crippen molar-refractivity contribution in [3.8, 4) is 0 Å². The number of nitrogens with one attached hydrogen (secondary N) is 2. The van der Waals surface area contributed by atoms with E-state index in [9.17, 15) is 5.11 Å². The normalized spacial score (nSPS) is 22.4. The molecule has 0 aliphatic heterocycles. The quantitative estimate of drug-likeness (QED) is 0.792. The van der Waals surface area contributed by atoms with Gasteiger partial charge in [-0.3, -0.25) is 0 Å². The number of hydrogen-bond acceptors (Lipinski definition) is 6. The third-order valence-electron chi connectivity index (χ3n) is 4.03. The van der Waals surface area contributed by atoms with Crippen molar-refractivity contribution in [2.75, 3.05) is 23.7 Å². The molecule has 6 heteroatoms. The van der Waals surface area contributed by atoms with Crippen LogP contribution in [0.4, 0.5) is 11.8 Å². The molecule has 2 heterocycles. The van der Waals surface area contributed by atoms with Gasteiger partial charge in [-0.1, -0.05) is 0 Å². The molecule has 0 spiro atoms. The molecule has 1 fully saturated rings. The van der Waals surface area contributed by atoms with Crippen LogP contribution in [0.2, 0.25) is 0 Å². The summed E-state index contributed by atoms with van der Waals surface area (Å²) in [5, 5.41) is 19.4. The molecule has 0 bridgehead atoms. The van der Waals surface area contributed by atoms with Gasteiger partial charge in [0.1, 0.15) is 10.6 Å². The molecule has 0 unspecified atom stereocenters. The van der Waals surface area contributed by atoms with E-state index in [1.165, 1.54) is 0 Å². The smallest absolute Gasteiger partial charge is 0.226 e. The molecule has 2 aromatic rings. The first-order valence-electron chi connectivity index (χ1n) is 7.67. The number of aliphatic hydroxyl groups excluding tert-OH is 1. The lowest BCUT2D eigenvalue weighted by Gasteiger charge is -2.25. The Labute approximate surface area is 128 Å². The minimum Gasteiger partial charge on any atom is -0.393 e. The van der Waals surface area contributed by atoms with Crippen LogP contribution in [0.25, 0.3) is 10.2 Å². The van der Waals surface area contributed by atoms with Crippen LogP contribution in [-0.2, 0) is 0 Å². The molecule has 3 N–H and O–H groups in total. The third kappa shape index (κ3) is 3.44. The Kier molecular flexibility index (Phi) is 4.55. The molecule has 114 valence electrons. The van der Waals surface area contributed by atoms with Gasteiger partial charge in [0.05, 0.1) is 11.5 Å². The van der Waals surface area contributed by atoms with Crippen molar-refractivity contribution in [1.29, 1.82) is 0 Å². The van der Waals surface area contributed by atoms with E-state index in [0.29, 0.717) is 11.9 Å². The van der Waals surface area contributed by atoms with E-state index in [1.54, 1.807) is 11.3 Å². The topological polar surface area (TPSA) is 70.1 Å². The summed E-state index contributed by atoms with van der Waals surface area (Å²) in [7, 11) is 0. The number of thiophene rings is 1. The maximum Gasteiger partial charge on any atom is 0.226 e. The van der Waals surface area contributed by atoms with Gasteiger partial charge >= 0.3 is 0 Å². The zero-order valence-electron chi connectivity index (χ0n) is 12.3. The Morgan fingerprint density at radius 1 is 1.24 bits per heavy atom. The minimum atomic E-state index is -0.0933. The van der Waals surface area contributed by atoms with Crippen LogP contribution in [-0.4, -0.2) is 34.3 Å². The highest BCUT2D eigenvalue weighted by molar-refractivity contribution is 7.16. The fraction of sp³-hybridized carbons (Fsp3) is 0.600. The molecule has 1 aliphatic rings. The molecule has 0 radical (unpaired) electrons. The average molecular weight is 306 g/mol. The highest BCUT2D eigenvalue weighted by Gasteiger charge is 2.19. The predicted molar refractivity (Wildman–Crippen MR) is 88.0 cm³/mol. The van der Waals surface area contributed by atoms with Gasteiger partial charge in [-0.25, -0.2) is 4.98 Å². The lowest BCUT2D eigenvalue weighted by atomic mass is 9.87. The van der Waals surface area contributed by atoms with Crippen molar-refractivity contribution < 1.29 is 5.11 Å². The monoisotopic (exact) mass is 306 g/mol. The third-order valence-corrected chi connectivity index (χ3v) is 4.84. The molecule has 21 heavy (non-hydrogen) atoms. The lowest BCUT2D eigenvalue weighted by Crippen LogP contribution is -2.24. The average Bonchev–Trinajstić information content (AvgIpc) is 2.95. The van der Waals surface area contributed by atoms with Crippen molar-refractivity contribution in [2.45, 2.75) is 38.7 Å². The van der Waals surface area contributed by atoms with Crippen molar-refractivity contribution in [3.63, 3.8) is 0 Å². The van der Waals surface area contributed by atoms with Crippen LogP contribution < -0.4 is 10.6 Å². The molecule has 0 amide bonds. The van der Waals surface area contributed by atoms with Gasteiger partial charge in [-0.2, -0.15) is 4.98 Å². The number of nitrogens with zero attached hydrogens (tertiary/aromatic N) is 2. The van der Waals surface area contributed by atoms with E-state index in [1.807, 2.05) is 6.92 Å². The second-order valence-electron chi connectivity index (χ2n) is 5.62. The SMILES string of the molecule is CCNc1nc(NCC2CCC(O)CC2)c2ccsc2n1. The number of hydrogen-bond donors (Lipinski definition) is 3. The first kappa shape index (κ1) is 14.5. The molecular formula is C15H22N4OS. The summed E-state index contributed by atoms with van der Waals surface area (Å²) in [6, 6.07) is 2.07. The van der Waals surface area contributed by atoms with Crippen LogP contribution in [0.3, 0.4) is 0 Å². The second kappa shape index (κ2) is 6.58. The zero-order valence-corrected chi connectivity index (χ0v) is 13.1. The maximum atomic E-state index is 9.57. The van der Waals surface area contributed by atoms with E-state index in [-0.39, 0.29) is 6.10 Å². The largest absolute Gasteiger partial charge is 0.393 e. The number of anilines is 2. The van der Waals surface area contributed by atoms with Gasteiger partial charge in [-0.05, 0) is 50.0 Å². The Bertz CT molecular complexity index is 592. The molecule has 0 atom stereocenters. The molecular weight excluding hydrogens is 284 g/mol. The zero-order chi connectivity index (χ0) is 14.7. The molecule has 2 aromatic heterocycles. The summed E-state index contributed by atoms with van der Waals surface area (Å²) in [4.78, 5) is 10.1. The summed E-state index contributed by atoms with van der Waals surface area (Å²) >= 11 is 1.64. The Morgan fingerprint density at radius 2 is 2.05 bits per heavy atom. The van der Waals surface area contributed by atoms with Gasteiger partial charge < -0.3 is 15.7 Å². The lowest BCUT2D eigenvalue weighted by molar-refractivity contribution is 0.111. The van der Waals surface area contributed by atoms with Crippen molar-refractivity contribution in [1.82, 2.24) is 9.97 Å². The summed E-state index contributed by atoms with van der Waals surface area (Å²) in [6.07, 6.45) is 3.93. The number of aliphatic hydroxyl groups is 1. The van der Waals surface area contributed by atoms with Crippen molar-refractivity contribution in [3.05, 3.63) is 11.4 Å². The number of rotatable bonds is 5. The fourth-order valence-corrected chi connectivity index (χ4v) is 3.58. The Hall–Kier alpha value is -1.40. The first-order valence-corrected chi connectivity index (χ1v) is 8.55. The van der Waals surface area contributed by atoms with E-state index >= 15 is 0 Å². The second-order valence-corrected chi connectivity index (χ2v) is 6.52. The molecule has 0 saturated heterocycles. The standard InChI is InChI=1S/C15H22N4OS/c1-2-16-15-18-13(12-7-8-21-14(12)19-15)17-9-10-3-5-11(20)6-4-10/h7-8,10-11,20H,2-6,9H2,1H3,(H2,16,17,18,19).